The second-order valence-electron chi connectivity index (χ2n) is 6.50. The predicted molar refractivity (Wildman–Crippen MR) is 84.8 cm³/mol. The summed E-state index contributed by atoms with van der Waals surface area (Å²) in [5.41, 5.74) is 2.01. The maximum atomic E-state index is 9.18. The lowest BCUT2D eigenvalue weighted by atomic mass is 9.95. The second-order valence-corrected chi connectivity index (χ2v) is 6.50. The zero-order valence-corrected chi connectivity index (χ0v) is 12.8. The van der Waals surface area contributed by atoms with E-state index < -0.39 is 0 Å². The fourth-order valence-corrected chi connectivity index (χ4v) is 3.67. The van der Waals surface area contributed by atoms with Gasteiger partial charge < -0.3 is 4.90 Å². The minimum absolute atomic E-state index is 0.830. The maximum absolute atomic E-state index is 9.18. The molecule has 3 rings (SSSR count). The number of benzene rings is 1. The molecule has 21 heavy (non-hydrogen) atoms. The van der Waals surface area contributed by atoms with Gasteiger partial charge in [-0.3, -0.25) is 4.90 Å². The first-order valence-corrected chi connectivity index (χ1v) is 8.28. The quantitative estimate of drug-likeness (QED) is 0.851. The summed E-state index contributed by atoms with van der Waals surface area (Å²) in [6.07, 6.45) is 5.41. The minimum atomic E-state index is 0.830. The summed E-state index contributed by atoms with van der Waals surface area (Å²) in [5.74, 6) is 0.880. The summed E-state index contributed by atoms with van der Waals surface area (Å²) < 4.78 is 0. The van der Waals surface area contributed by atoms with Crippen molar-refractivity contribution in [3.63, 3.8) is 0 Å². The third-order valence-corrected chi connectivity index (χ3v) is 4.95. The van der Waals surface area contributed by atoms with E-state index in [4.69, 9.17) is 0 Å². The fraction of sp³-hybridized carbons (Fsp3) is 0.611. The third kappa shape index (κ3) is 3.84. The van der Waals surface area contributed by atoms with Crippen molar-refractivity contribution in [3.05, 3.63) is 35.4 Å². The van der Waals surface area contributed by atoms with E-state index in [1.807, 2.05) is 18.2 Å². The molecule has 0 unspecified atom stereocenters. The number of nitriles is 1. The van der Waals surface area contributed by atoms with Gasteiger partial charge in [-0.2, -0.15) is 5.26 Å². The summed E-state index contributed by atoms with van der Waals surface area (Å²) >= 11 is 0. The molecule has 2 aliphatic rings. The molecule has 1 aromatic rings. The van der Waals surface area contributed by atoms with Crippen LogP contribution in [-0.2, 0) is 6.54 Å². The number of hydrogen-bond donors (Lipinski definition) is 0. The van der Waals surface area contributed by atoms with E-state index in [2.05, 4.69) is 21.9 Å². The lowest BCUT2D eigenvalue weighted by Crippen LogP contribution is -2.37. The number of likely N-dealkylation sites (tertiary alicyclic amines) is 2. The van der Waals surface area contributed by atoms with Crippen molar-refractivity contribution in [1.29, 1.82) is 5.26 Å². The second kappa shape index (κ2) is 7.06. The Kier molecular flexibility index (Phi) is 4.90. The van der Waals surface area contributed by atoms with E-state index in [0.717, 1.165) is 18.0 Å². The first kappa shape index (κ1) is 14.6. The average Bonchev–Trinajstić information content (AvgIpc) is 3.03. The van der Waals surface area contributed by atoms with Gasteiger partial charge in [0.25, 0.3) is 0 Å². The van der Waals surface area contributed by atoms with Crippen molar-refractivity contribution in [2.75, 3.05) is 32.7 Å². The highest BCUT2D eigenvalue weighted by molar-refractivity contribution is 5.37. The molecule has 0 N–H and O–H groups in total. The molecule has 1 aromatic carbocycles. The Morgan fingerprint density at radius 2 is 1.71 bits per heavy atom. The Hall–Kier alpha value is -1.37. The molecule has 3 heteroatoms. The largest absolute Gasteiger partial charge is 0.303 e. The van der Waals surface area contributed by atoms with Gasteiger partial charge in [-0.05, 0) is 69.4 Å². The van der Waals surface area contributed by atoms with Crippen molar-refractivity contribution >= 4 is 0 Å². The van der Waals surface area contributed by atoms with Gasteiger partial charge in [0, 0.05) is 13.1 Å². The van der Waals surface area contributed by atoms with Crippen molar-refractivity contribution in [2.45, 2.75) is 32.2 Å². The molecular formula is C18H25N3. The van der Waals surface area contributed by atoms with Gasteiger partial charge in [0.2, 0.25) is 0 Å². The van der Waals surface area contributed by atoms with E-state index in [-0.39, 0.29) is 0 Å². The van der Waals surface area contributed by atoms with Crippen molar-refractivity contribution in [1.82, 2.24) is 9.80 Å². The number of piperidine rings is 1. The van der Waals surface area contributed by atoms with E-state index in [0.29, 0.717) is 0 Å². The number of rotatable bonds is 4. The molecule has 3 nitrogen and oxygen atoms in total. The highest BCUT2D eigenvalue weighted by atomic mass is 15.2. The zero-order chi connectivity index (χ0) is 14.5. The summed E-state index contributed by atoms with van der Waals surface area (Å²) in [5, 5.41) is 9.18. The summed E-state index contributed by atoms with van der Waals surface area (Å²) in [4.78, 5) is 5.15. The van der Waals surface area contributed by atoms with Crippen molar-refractivity contribution < 1.29 is 0 Å². The molecule has 2 heterocycles. The Labute approximate surface area is 128 Å². The first-order valence-electron chi connectivity index (χ1n) is 8.28. The predicted octanol–water partition coefficient (Wildman–Crippen LogP) is 2.87. The molecule has 0 aromatic heterocycles. The van der Waals surface area contributed by atoms with Crippen LogP contribution < -0.4 is 0 Å². The van der Waals surface area contributed by atoms with Gasteiger partial charge in [-0.1, -0.05) is 18.2 Å². The highest BCUT2D eigenvalue weighted by Gasteiger charge is 2.23. The molecule has 0 aliphatic carbocycles. The Morgan fingerprint density at radius 1 is 1.00 bits per heavy atom. The zero-order valence-electron chi connectivity index (χ0n) is 12.8. The summed E-state index contributed by atoms with van der Waals surface area (Å²) in [6.45, 7) is 7.23. The van der Waals surface area contributed by atoms with Crippen molar-refractivity contribution in [3.8, 4) is 6.07 Å². The molecule has 0 saturated carbocycles. The molecular weight excluding hydrogens is 258 g/mol. The molecule has 2 aliphatic heterocycles. The summed E-state index contributed by atoms with van der Waals surface area (Å²) in [6, 6.07) is 10.3. The van der Waals surface area contributed by atoms with Gasteiger partial charge in [0.1, 0.15) is 0 Å². The fourth-order valence-electron chi connectivity index (χ4n) is 3.67. The topological polar surface area (TPSA) is 30.3 Å². The summed E-state index contributed by atoms with van der Waals surface area (Å²) in [7, 11) is 0. The molecule has 0 bridgehead atoms. The molecule has 0 radical (unpaired) electrons. The van der Waals surface area contributed by atoms with Crippen LogP contribution in [0.5, 0.6) is 0 Å². The molecule has 112 valence electrons. The number of nitrogens with zero attached hydrogens (tertiary/aromatic N) is 3. The van der Waals surface area contributed by atoms with Crippen molar-refractivity contribution in [2.24, 2.45) is 5.92 Å². The van der Waals surface area contributed by atoms with E-state index in [1.54, 1.807) is 0 Å². The molecule has 0 spiro atoms. The minimum Gasteiger partial charge on any atom is -0.303 e. The Morgan fingerprint density at radius 3 is 2.43 bits per heavy atom. The average molecular weight is 283 g/mol. The van der Waals surface area contributed by atoms with Gasteiger partial charge in [0.15, 0.2) is 0 Å². The SMILES string of the molecule is N#Cc1ccccc1CN1CCC(CN2CCCC2)CC1. The van der Waals surface area contributed by atoms with E-state index in [9.17, 15) is 5.26 Å². The third-order valence-electron chi connectivity index (χ3n) is 4.95. The van der Waals surface area contributed by atoms with Crippen LogP contribution in [-0.4, -0.2) is 42.5 Å². The van der Waals surface area contributed by atoms with Gasteiger partial charge in [-0.25, -0.2) is 0 Å². The van der Waals surface area contributed by atoms with Gasteiger partial charge >= 0.3 is 0 Å². The molecule has 0 atom stereocenters. The highest BCUT2D eigenvalue weighted by Crippen LogP contribution is 2.22. The lowest BCUT2D eigenvalue weighted by molar-refractivity contribution is 0.149. The van der Waals surface area contributed by atoms with E-state index >= 15 is 0 Å². The molecule has 2 saturated heterocycles. The molecule has 2 fully saturated rings. The van der Waals surface area contributed by atoms with Crippen LogP contribution in [0.4, 0.5) is 0 Å². The maximum Gasteiger partial charge on any atom is 0.0995 e. The van der Waals surface area contributed by atoms with Crippen LogP contribution in [0.15, 0.2) is 24.3 Å². The smallest absolute Gasteiger partial charge is 0.0995 e. The lowest BCUT2D eigenvalue weighted by Gasteiger charge is -2.34. The van der Waals surface area contributed by atoms with Crippen LogP contribution in [0.3, 0.4) is 0 Å². The van der Waals surface area contributed by atoms with Crippen LogP contribution in [0.2, 0.25) is 0 Å². The van der Waals surface area contributed by atoms with Gasteiger partial charge in [0.05, 0.1) is 11.6 Å². The van der Waals surface area contributed by atoms with E-state index in [1.165, 1.54) is 64.0 Å². The van der Waals surface area contributed by atoms with Crippen LogP contribution in [0.25, 0.3) is 0 Å². The van der Waals surface area contributed by atoms with Crippen LogP contribution in [0, 0.1) is 17.2 Å². The number of hydrogen-bond acceptors (Lipinski definition) is 3. The Balaban J connectivity index is 1.48. The first-order chi connectivity index (χ1) is 10.3. The van der Waals surface area contributed by atoms with Gasteiger partial charge in [-0.15, -0.1) is 0 Å². The van der Waals surface area contributed by atoms with Crippen LogP contribution in [0.1, 0.15) is 36.8 Å². The molecule has 0 amide bonds. The normalized spacial score (nSPS) is 21.5. The Bertz CT molecular complexity index is 491. The standard InChI is InChI=1S/C18H25N3/c19-13-17-5-1-2-6-18(17)15-21-11-7-16(8-12-21)14-20-9-3-4-10-20/h1-2,5-6,16H,3-4,7-12,14-15H2. The van der Waals surface area contributed by atoms with Crippen LogP contribution >= 0.6 is 0 Å². The monoisotopic (exact) mass is 283 g/mol.